The van der Waals surface area contributed by atoms with Crippen molar-refractivity contribution in [2.45, 2.75) is 6.10 Å². The van der Waals surface area contributed by atoms with Crippen molar-refractivity contribution in [1.82, 2.24) is 0 Å². The molecule has 0 radical (unpaired) electrons. The average Bonchev–Trinajstić information content (AvgIpc) is 2.67. The first-order valence-corrected chi connectivity index (χ1v) is 7.76. The van der Waals surface area contributed by atoms with Crippen molar-refractivity contribution >= 4 is 11.8 Å². The third-order valence-corrected chi connectivity index (χ3v) is 3.70. The molecule has 0 aliphatic heterocycles. The Labute approximate surface area is 144 Å². The molecule has 0 saturated heterocycles. The van der Waals surface area contributed by atoms with Crippen LogP contribution in [0.4, 0.5) is 4.39 Å². The predicted octanol–water partition coefficient (Wildman–Crippen LogP) is 4.61. The number of ether oxygens (including phenoxy) is 1. The van der Waals surface area contributed by atoms with Crippen molar-refractivity contribution in [2.24, 2.45) is 0 Å². The van der Waals surface area contributed by atoms with E-state index >= 15 is 0 Å². The van der Waals surface area contributed by atoms with Gasteiger partial charge in [-0.1, -0.05) is 60.7 Å². The van der Waals surface area contributed by atoms with Crippen LogP contribution < -0.4 is 0 Å². The first-order valence-electron chi connectivity index (χ1n) is 7.76. The lowest BCUT2D eigenvalue weighted by Gasteiger charge is -2.17. The van der Waals surface area contributed by atoms with Gasteiger partial charge in [0.25, 0.3) is 0 Å². The van der Waals surface area contributed by atoms with Crippen molar-refractivity contribution in [3.05, 3.63) is 107 Å². The molecule has 0 aromatic heterocycles. The number of benzene rings is 3. The third kappa shape index (κ3) is 3.98. The van der Waals surface area contributed by atoms with Gasteiger partial charge < -0.3 is 4.74 Å². The summed E-state index contributed by atoms with van der Waals surface area (Å²) in [4.78, 5) is 25.2. The zero-order valence-electron chi connectivity index (χ0n) is 13.3. The minimum absolute atomic E-state index is 0.184. The summed E-state index contributed by atoms with van der Waals surface area (Å²) in [6, 6.07) is 22.4. The van der Waals surface area contributed by atoms with E-state index in [0.29, 0.717) is 11.1 Å². The van der Waals surface area contributed by atoms with Crippen LogP contribution in [0.2, 0.25) is 0 Å². The lowest BCUT2D eigenvalue weighted by Crippen LogP contribution is -2.20. The van der Waals surface area contributed by atoms with Gasteiger partial charge >= 0.3 is 5.97 Å². The van der Waals surface area contributed by atoms with E-state index in [1.165, 1.54) is 24.3 Å². The molecule has 0 unspecified atom stereocenters. The highest BCUT2D eigenvalue weighted by Gasteiger charge is 2.26. The van der Waals surface area contributed by atoms with E-state index in [4.69, 9.17) is 4.74 Å². The minimum Gasteiger partial charge on any atom is -0.445 e. The van der Waals surface area contributed by atoms with E-state index in [9.17, 15) is 14.0 Å². The summed E-state index contributed by atoms with van der Waals surface area (Å²) in [5.41, 5.74) is 1.21. The maximum atomic E-state index is 13.0. The third-order valence-electron chi connectivity index (χ3n) is 3.70. The van der Waals surface area contributed by atoms with Gasteiger partial charge in [0.1, 0.15) is 5.82 Å². The molecule has 4 heteroatoms. The molecule has 3 aromatic carbocycles. The van der Waals surface area contributed by atoms with Crippen molar-refractivity contribution in [3.63, 3.8) is 0 Å². The number of carbonyl (C=O) groups excluding carboxylic acids is 2. The van der Waals surface area contributed by atoms with Crippen LogP contribution in [0, 0.1) is 5.82 Å². The Morgan fingerprint density at radius 2 is 1.28 bits per heavy atom. The molecular weight excluding hydrogens is 319 g/mol. The topological polar surface area (TPSA) is 43.4 Å². The normalized spacial score (nSPS) is 11.6. The molecule has 3 aromatic rings. The molecule has 0 bridgehead atoms. The Hall–Kier alpha value is -3.27. The summed E-state index contributed by atoms with van der Waals surface area (Å²) in [5, 5.41) is 0. The van der Waals surface area contributed by atoms with E-state index in [1.54, 1.807) is 54.6 Å². The van der Waals surface area contributed by atoms with Gasteiger partial charge in [-0.05, 0) is 24.3 Å². The first kappa shape index (κ1) is 16.6. The SMILES string of the molecule is O=C(O[C@@H](C(=O)c1ccccc1)c1ccccc1)c1ccc(F)cc1. The summed E-state index contributed by atoms with van der Waals surface area (Å²) in [6.07, 6.45) is -1.07. The van der Waals surface area contributed by atoms with Crippen LogP contribution in [0.15, 0.2) is 84.9 Å². The largest absolute Gasteiger partial charge is 0.445 e. The van der Waals surface area contributed by atoms with Gasteiger partial charge in [0.05, 0.1) is 5.56 Å². The second kappa shape index (κ2) is 7.53. The molecule has 25 heavy (non-hydrogen) atoms. The predicted molar refractivity (Wildman–Crippen MR) is 91.8 cm³/mol. The van der Waals surface area contributed by atoms with Crippen LogP contribution in [0.25, 0.3) is 0 Å². The summed E-state index contributed by atoms with van der Waals surface area (Å²) in [5.74, 6) is -1.45. The van der Waals surface area contributed by atoms with Crippen LogP contribution in [0.3, 0.4) is 0 Å². The van der Waals surface area contributed by atoms with Crippen LogP contribution in [0.1, 0.15) is 32.4 Å². The van der Waals surface area contributed by atoms with E-state index in [2.05, 4.69) is 0 Å². The monoisotopic (exact) mass is 334 g/mol. The second-order valence-corrected chi connectivity index (χ2v) is 5.43. The molecule has 0 amide bonds. The molecule has 0 fully saturated rings. The van der Waals surface area contributed by atoms with E-state index in [0.717, 1.165) is 0 Å². The summed E-state index contributed by atoms with van der Waals surface area (Å²) in [7, 11) is 0. The lowest BCUT2D eigenvalue weighted by atomic mass is 10.00. The Kier molecular flexibility index (Phi) is 5.00. The highest BCUT2D eigenvalue weighted by molar-refractivity contribution is 6.02. The number of carbonyl (C=O) groups is 2. The van der Waals surface area contributed by atoms with E-state index < -0.39 is 17.9 Å². The highest BCUT2D eigenvalue weighted by atomic mass is 19.1. The fraction of sp³-hybridized carbons (Fsp3) is 0.0476. The van der Waals surface area contributed by atoms with Gasteiger partial charge in [0.15, 0.2) is 6.10 Å². The molecule has 0 heterocycles. The van der Waals surface area contributed by atoms with Crippen molar-refractivity contribution in [2.75, 3.05) is 0 Å². The lowest BCUT2D eigenvalue weighted by molar-refractivity contribution is 0.0280. The van der Waals surface area contributed by atoms with Gasteiger partial charge in [0.2, 0.25) is 5.78 Å². The number of halogens is 1. The number of Topliss-reactive ketones (excluding diaryl/α,β-unsaturated/α-hetero) is 1. The Morgan fingerprint density at radius 3 is 1.88 bits per heavy atom. The highest BCUT2D eigenvalue weighted by Crippen LogP contribution is 2.24. The van der Waals surface area contributed by atoms with Crippen LogP contribution in [-0.2, 0) is 4.74 Å². The molecule has 0 aliphatic carbocycles. The van der Waals surface area contributed by atoms with Gasteiger partial charge in [-0.25, -0.2) is 9.18 Å². The summed E-state index contributed by atoms with van der Waals surface area (Å²) < 4.78 is 18.5. The average molecular weight is 334 g/mol. The Morgan fingerprint density at radius 1 is 0.720 bits per heavy atom. The number of ketones is 1. The zero-order valence-corrected chi connectivity index (χ0v) is 13.3. The molecule has 0 N–H and O–H groups in total. The fourth-order valence-electron chi connectivity index (χ4n) is 2.42. The van der Waals surface area contributed by atoms with Gasteiger partial charge in [-0.2, -0.15) is 0 Å². The number of esters is 1. The standard InChI is InChI=1S/C21H15FO3/c22-18-13-11-17(12-14-18)21(24)25-20(16-9-5-2-6-10-16)19(23)15-7-3-1-4-8-15/h1-14,20H/t20-/m1/s1. The van der Waals surface area contributed by atoms with E-state index in [-0.39, 0.29) is 11.3 Å². The minimum atomic E-state index is -1.07. The number of rotatable bonds is 5. The first-order chi connectivity index (χ1) is 12.1. The fourth-order valence-corrected chi connectivity index (χ4v) is 2.42. The summed E-state index contributed by atoms with van der Waals surface area (Å²) >= 11 is 0. The van der Waals surface area contributed by atoms with Crippen LogP contribution in [-0.4, -0.2) is 11.8 Å². The van der Waals surface area contributed by atoms with Crippen LogP contribution in [0.5, 0.6) is 0 Å². The molecule has 0 saturated carbocycles. The number of hydrogen-bond acceptors (Lipinski definition) is 3. The second-order valence-electron chi connectivity index (χ2n) is 5.43. The Bertz CT molecular complexity index is 859. The summed E-state index contributed by atoms with van der Waals surface area (Å²) in [6.45, 7) is 0. The molecule has 1 atom stereocenters. The quantitative estimate of drug-likeness (QED) is 0.506. The van der Waals surface area contributed by atoms with Crippen molar-refractivity contribution in [3.8, 4) is 0 Å². The molecule has 3 rings (SSSR count). The smallest absolute Gasteiger partial charge is 0.339 e. The van der Waals surface area contributed by atoms with Gasteiger partial charge in [-0.3, -0.25) is 4.79 Å². The molecule has 3 nitrogen and oxygen atoms in total. The molecule has 0 spiro atoms. The maximum absolute atomic E-state index is 13.0. The zero-order chi connectivity index (χ0) is 17.6. The number of hydrogen-bond donors (Lipinski definition) is 0. The molecule has 124 valence electrons. The van der Waals surface area contributed by atoms with Crippen LogP contribution >= 0.6 is 0 Å². The molecule has 0 aliphatic rings. The van der Waals surface area contributed by atoms with Crippen molar-refractivity contribution in [1.29, 1.82) is 0 Å². The Balaban J connectivity index is 1.90. The maximum Gasteiger partial charge on any atom is 0.339 e. The van der Waals surface area contributed by atoms with Gasteiger partial charge in [-0.15, -0.1) is 0 Å². The van der Waals surface area contributed by atoms with E-state index in [1.807, 2.05) is 6.07 Å². The van der Waals surface area contributed by atoms with Gasteiger partial charge in [0, 0.05) is 11.1 Å². The van der Waals surface area contributed by atoms with Crippen molar-refractivity contribution < 1.29 is 18.7 Å². The molecular formula is C21H15FO3.